The average Bonchev–Trinajstić information content (AvgIpc) is 2.24. The molecule has 0 atom stereocenters. The highest BCUT2D eigenvalue weighted by atomic mass is 19.2. The van der Waals surface area contributed by atoms with Gasteiger partial charge in [-0.1, -0.05) is 5.92 Å². The maximum atomic E-state index is 13.3. The fraction of sp³-hybridized carbons (Fsp3) is 0.273. The molecule has 0 spiro atoms. The molecule has 1 rings (SSSR count). The Labute approximate surface area is 86.7 Å². The van der Waals surface area contributed by atoms with Gasteiger partial charge in [0, 0.05) is 0 Å². The molecule has 1 aromatic carbocycles. The van der Waals surface area contributed by atoms with Crippen LogP contribution in [0.15, 0.2) is 12.1 Å². The zero-order valence-electron chi connectivity index (χ0n) is 8.43. The van der Waals surface area contributed by atoms with E-state index in [0.717, 1.165) is 0 Å². The van der Waals surface area contributed by atoms with Gasteiger partial charge in [-0.2, -0.15) is 9.28 Å². The Balaban J connectivity index is 3.02. The Morgan fingerprint density at radius 1 is 1.27 bits per heavy atom. The molecule has 2 nitrogen and oxygen atoms in total. The standard InChI is InChI=1S/C11H10F2O2/c1-3-5-8-6-7-9(15-14-4-2)11(13)10(8)12/h6-7H,4H2,1-2H3. The van der Waals surface area contributed by atoms with Crippen molar-refractivity contribution in [2.24, 2.45) is 0 Å². The van der Waals surface area contributed by atoms with Crippen LogP contribution in [0.1, 0.15) is 19.4 Å². The Hall–Kier alpha value is -1.60. The van der Waals surface area contributed by atoms with Gasteiger partial charge in [0.1, 0.15) is 0 Å². The first-order valence-corrected chi connectivity index (χ1v) is 4.41. The molecule has 15 heavy (non-hydrogen) atoms. The largest absolute Gasteiger partial charge is 0.334 e. The third kappa shape index (κ3) is 2.67. The first kappa shape index (κ1) is 11.5. The van der Waals surface area contributed by atoms with Crippen LogP contribution in [0.25, 0.3) is 0 Å². The van der Waals surface area contributed by atoms with Gasteiger partial charge in [-0.05, 0) is 26.0 Å². The van der Waals surface area contributed by atoms with E-state index in [1.54, 1.807) is 13.8 Å². The van der Waals surface area contributed by atoms with E-state index in [9.17, 15) is 8.78 Å². The summed E-state index contributed by atoms with van der Waals surface area (Å²) in [5.74, 6) is 2.52. The van der Waals surface area contributed by atoms with Crippen LogP contribution < -0.4 is 4.89 Å². The lowest BCUT2D eigenvalue weighted by atomic mass is 10.2. The number of benzene rings is 1. The van der Waals surface area contributed by atoms with E-state index in [1.165, 1.54) is 12.1 Å². The summed E-state index contributed by atoms with van der Waals surface area (Å²) in [7, 11) is 0. The van der Waals surface area contributed by atoms with Gasteiger partial charge in [0.2, 0.25) is 11.6 Å². The molecule has 0 aliphatic rings. The summed E-state index contributed by atoms with van der Waals surface area (Å²) < 4.78 is 26.5. The van der Waals surface area contributed by atoms with E-state index < -0.39 is 11.6 Å². The summed E-state index contributed by atoms with van der Waals surface area (Å²) in [6.07, 6.45) is 0. The van der Waals surface area contributed by atoms with E-state index in [-0.39, 0.29) is 17.9 Å². The monoisotopic (exact) mass is 212 g/mol. The molecule has 80 valence electrons. The van der Waals surface area contributed by atoms with Crippen molar-refractivity contribution in [2.45, 2.75) is 13.8 Å². The Morgan fingerprint density at radius 2 is 2.00 bits per heavy atom. The highest BCUT2D eigenvalue weighted by molar-refractivity contribution is 5.40. The molecule has 0 heterocycles. The van der Waals surface area contributed by atoms with Crippen molar-refractivity contribution >= 4 is 0 Å². The second kappa shape index (κ2) is 5.32. The molecule has 0 aliphatic carbocycles. The van der Waals surface area contributed by atoms with E-state index in [4.69, 9.17) is 0 Å². The molecule has 1 aromatic rings. The first-order chi connectivity index (χ1) is 7.20. The number of hydrogen-bond acceptors (Lipinski definition) is 2. The molecule has 0 saturated heterocycles. The van der Waals surface area contributed by atoms with E-state index in [0.29, 0.717) is 0 Å². The highest BCUT2D eigenvalue weighted by Crippen LogP contribution is 2.22. The van der Waals surface area contributed by atoms with Gasteiger partial charge in [-0.25, -0.2) is 4.39 Å². The summed E-state index contributed by atoms with van der Waals surface area (Å²) in [6.45, 7) is 3.46. The minimum atomic E-state index is -1.09. The van der Waals surface area contributed by atoms with Gasteiger partial charge in [0.05, 0.1) is 12.2 Å². The van der Waals surface area contributed by atoms with E-state index in [2.05, 4.69) is 21.6 Å². The van der Waals surface area contributed by atoms with Crippen molar-refractivity contribution in [3.63, 3.8) is 0 Å². The maximum Gasteiger partial charge on any atom is 0.206 e. The van der Waals surface area contributed by atoms with Crippen molar-refractivity contribution in [1.29, 1.82) is 0 Å². The normalized spacial score (nSPS) is 9.33. The first-order valence-electron chi connectivity index (χ1n) is 4.41. The van der Waals surface area contributed by atoms with Crippen LogP contribution in [0.5, 0.6) is 5.75 Å². The summed E-state index contributed by atoms with van der Waals surface area (Å²) in [4.78, 5) is 9.05. The number of hydrogen-bond donors (Lipinski definition) is 0. The van der Waals surface area contributed by atoms with Gasteiger partial charge in [0.25, 0.3) is 0 Å². The predicted octanol–water partition coefficient (Wildman–Crippen LogP) is 2.67. The Morgan fingerprint density at radius 3 is 2.60 bits per heavy atom. The molecule has 0 N–H and O–H groups in total. The Kier molecular flexibility index (Phi) is 4.07. The fourth-order valence-corrected chi connectivity index (χ4v) is 0.950. The molecule has 0 radical (unpaired) electrons. The third-order valence-corrected chi connectivity index (χ3v) is 1.57. The molecule has 0 aromatic heterocycles. The summed E-state index contributed by atoms with van der Waals surface area (Å²) in [5.41, 5.74) is -0.00107. The van der Waals surface area contributed by atoms with Crippen LogP contribution in [0.3, 0.4) is 0 Å². The smallest absolute Gasteiger partial charge is 0.206 e. The molecule has 4 heteroatoms. The van der Waals surface area contributed by atoms with Gasteiger partial charge in [0.15, 0.2) is 5.82 Å². The minimum Gasteiger partial charge on any atom is -0.334 e. The van der Waals surface area contributed by atoms with Crippen LogP contribution in [-0.4, -0.2) is 6.61 Å². The fourth-order valence-electron chi connectivity index (χ4n) is 0.950. The lowest BCUT2D eigenvalue weighted by Crippen LogP contribution is -2.00. The SMILES string of the molecule is CC#Cc1ccc(OOCC)c(F)c1F. The molecule has 0 bridgehead atoms. The number of halogens is 2. The average molecular weight is 212 g/mol. The van der Waals surface area contributed by atoms with Gasteiger partial charge >= 0.3 is 0 Å². The van der Waals surface area contributed by atoms with Gasteiger partial charge < -0.3 is 4.89 Å². The zero-order chi connectivity index (χ0) is 11.3. The molecule has 0 aliphatic heterocycles. The van der Waals surface area contributed by atoms with Crippen molar-refractivity contribution in [2.75, 3.05) is 6.61 Å². The molecule has 0 amide bonds. The molecule has 0 unspecified atom stereocenters. The second-order valence-corrected chi connectivity index (χ2v) is 2.60. The van der Waals surface area contributed by atoms with Crippen molar-refractivity contribution < 1.29 is 18.6 Å². The lowest BCUT2D eigenvalue weighted by Gasteiger charge is -2.05. The second-order valence-electron chi connectivity index (χ2n) is 2.60. The quantitative estimate of drug-likeness (QED) is 0.435. The van der Waals surface area contributed by atoms with Crippen LogP contribution in [0.4, 0.5) is 8.78 Å². The summed E-state index contributed by atoms with van der Waals surface area (Å²) >= 11 is 0. The molecule has 0 fully saturated rings. The highest BCUT2D eigenvalue weighted by Gasteiger charge is 2.13. The third-order valence-electron chi connectivity index (χ3n) is 1.57. The summed E-state index contributed by atoms with van der Waals surface area (Å²) in [5, 5.41) is 0. The van der Waals surface area contributed by atoms with Crippen molar-refractivity contribution in [3.8, 4) is 17.6 Å². The van der Waals surface area contributed by atoms with Crippen LogP contribution in [0, 0.1) is 23.5 Å². The minimum absolute atomic E-state index is 0.00107. The topological polar surface area (TPSA) is 18.5 Å². The van der Waals surface area contributed by atoms with Crippen LogP contribution in [-0.2, 0) is 4.89 Å². The summed E-state index contributed by atoms with van der Waals surface area (Å²) in [6, 6.07) is 2.61. The van der Waals surface area contributed by atoms with Crippen LogP contribution in [0.2, 0.25) is 0 Å². The zero-order valence-corrected chi connectivity index (χ0v) is 8.43. The van der Waals surface area contributed by atoms with E-state index in [1.807, 2.05) is 0 Å². The maximum absolute atomic E-state index is 13.3. The van der Waals surface area contributed by atoms with Crippen molar-refractivity contribution in [3.05, 3.63) is 29.3 Å². The number of rotatable bonds is 3. The van der Waals surface area contributed by atoms with E-state index >= 15 is 0 Å². The predicted molar refractivity (Wildman–Crippen MR) is 51.2 cm³/mol. The Bertz CT molecular complexity index is 405. The van der Waals surface area contributed by atoms with Gasteiger partial charge in [-0.3, -0.25) is 0 Å². The van der Waals surface area contributed by atoms with Crippen molar-refractivity contribution in [1.82, 2.24) is 0 Å². The van der Waals surface area contributed by atoms with Gasteiger partial charge in [-0.15, -0.1) is 5.92 Å². The van der Waals surface area contributed by atoms with Crippen LogP contribution >= 0.6 is 0 Å². The molecular formula is C11H10F2O2. The molecule has 0 saturated carbocycles. The molecular weight excluding hydrogens is 202 g/mol. The lowest BCUT2D eigenvalue weighted by molar-refractivity contribution is -0.204.